The molecule has 7 rings (SSSR count). The number of fused-ring (bicyclic) bond motifs is 2. The van der Waals surface area contributed by atoms with Crippen LogP contribution in [0.4, 0.5) is 10.6 Å². The minimum Gasteiger partial charge on any atom is -0.461 e. The molecular formula is C36H38N8O3. The first-order chi connectivity index (χ1) is 23.1. The number of hydrogen-bond donors (Lipinski definition) is 0. The highest BCUT2D eigenvalue weighted by atomic mass is 16.6. The van der Waals surface area contributed by atoms with Crippen molar-refractivity contribution in [1.82, 2.24) is 29.4 Å². The normalized spacial score (nSPS) is 18.5. The van der Waals surface area contributed by atoms with Gasteiger partial charge in [0.2, 0.25) is 6.54 Å². The van der Waals surface area contributed by atoms with Gasteiger partial charge in [0, 0.05) is 32.1 Å². The second-order valence-electron chi connectivity index (χ2n) is 12.3. The van der Waals surface area contributed by atoms with Crippen molar-refractivity contribution in [3.8, 4) is 6.01 Å². The fourth-order valence-electron chi connectivity index (χ4n) is 6.56. The lowest BCUT2D eigenvalue weighted by Gasteiger charge is -2.39. The van der Waals surface area contributed by atoms with Gasteiger partial charge < -0.3 is 24.1 Å². The Balaban J connectivity index is 1.16. The zero-order valence-electron chi connectivity index (χ0n) is 26.5. The highest BCUT2D eigenvalue weighted by molar-refractivity contribution is 5.83. The van der Waals surface area contributed by atoms with Crippen LogP contribution in [-0.2, 0) is 17.8 Å². The number of likely N-dealkylation sites (N-methyl/N-ethyl adjacent to an activating group) is 1. The van der Waals surface area contributed by atoms with E-state index in [0.717, 1.165) is 36.2 Å². The molecule has 0 spiro atoms. The summed E-state index contributed by atoms with van der Waals surface area (Å²) in [5, 5.41) is 7.21. The maximum atomic E-state index is 13.2. The summed E-state index contributed by atoms with van der Waals surface area (Å²) in [5.41, 5.74) is 3.61. The minimum absolute atomic E-state index is 0.150. The number of aromatic nitrogens is 4. The van der Waals surface area contributed by atoms with Crippen LogP contribution in [-0.4, -0.2) is 93.9 Å². The van der Waals surface area contributed by atoms with Crippen molar-refractivity contribution >= 4 is 28.3 Å². The van der Waals surface area contributed by atoms with Gasteiger partial charge in [-0.15, -0.1) is 5.10 Å². The van der Waals surface area contributed by atoms with E-state index in [1.54, 1.807) is 4.90 Å². The van der Waals surface area contributed by atoms with Crippen molar-refractivity contribution in [3.63, 3.8) is 0 Å². The maximum absolute atomic E-state index is 13.2. The maximum Gasteiger partial charge on any atom is 0.410 e. The van der Waals surface area contributed by atoms with E-state index in [2.05, 4.69) is 58.1 Å². The topological polar surface area (TPSA) is 92.7 Å². The largest absolute Gasteiger partial charge is 0.461 e. The van der Waals surface area contributed by atoms with Crippen LogP contribution in [0.25, 0.3) is 21.3 Å². The molecule has 3 aromatic carbocycles. The molecule has 0 N–H and O–H groups in total. The van der Waals surface area contributed by atoms with Gasteiger partial charge in [0.25, 0.3) is 0 Å². The van der Waals surface area contributed by atoms with E-state index >= 15 is 0 Å². The van der Waals surface area contributed by atoms with Gasteiger partial charge in [0.05, 0.1) is 11.9 Å². The number of benzene rings is 3. The number of anilines is 1. The van der Waals surface area contributed by atoms with E-state index in [-0.39, 0.29) is 25.2 Å². The van der Waals surface area contributed by atoms with Gasteiger partial charge in [0.1, 0.15) is 19.3 Å². The number of carbonyl (C=O) groups excluding carboxylic acids is 1. The number of piperazine rings is 1. The summed E-state index contributed by atoms with van der Waals surface area (Å²) in [7, 11) is 2.12. The number of amides is 1. The zero-order chi connectivity index (χ0) is 32.2. The molecule has 0 saturated carbocycles. The lowest BCUT2D eigenvalue weighted by atomic mass is 10.0. The second-order valence-corrected chi connectivity index (χ2v) is 12.3. The Hall–Kier alpha value is -5.21. The van der Waals surface area contributed by atoms with E-state index in [1.165, 1.54) is 10.8 Å². The fourth-order valence-corrected chi connectivity index (χ4v) is 6.56. The van der Waals surface area contributed by atoms with Crippen LogP contribution in [0.3, 0.4) is 0 Å². The third kappa shape index (κ3) is 6.69. The summed E-state index contributed by atoms with van der Waals surface area (Å²) >= 11 is 0. The molecule has 2 aliphatic rings. The average molecular weight is 631 g/mol. The van der Waals surface area contributed by atoms with Gasteiger partial charge in [-0.1, -0.05) is 72.8 Å². The number of nitrogens with zero attached hydrogens (tertiary/aromatic N) is 8. The van der Waals surface area contributed by atoms with Gasteiger partial charge in [-0.3, -0.25) is 4.90 Å². The Morgan fingerprint density at radius 3 is 2.62 bits per heavy atom. The van der Waals surface area contributed by atoms with E-state index in [4.69, 9.17) is 31.1 Å². The molecule has 11 heteroatoms. The molecule has 2 saturated heterocycles. The van der Waals surface area contributed by atoms with Crippen molar-refractivity contribution in [1.29, 1.82) is 0 Å². The van der Waals surface area contributed by atoms with E-state index < -0.39 is 6.09 Å². The summed E-state index contributed by atoms with van der Waals surface area (Å²) < 4.78 is 13.8. The standard InChI is InChI=1S/C36H38N8O3/c1-37-21-32-23-42(17-18-43(32)36(45)47-24-26-9-4-3-5-10-26)34-33-38-22-31(20-27-14-15-28-11-6-7-12-29(28)19-27)44(33)40-35(39-34)46-25-30-13-8-16-41(30)2/h3-7,9-12,14-15,19,22,30,32H,8,13,16-18,20-21,23-25H2,2H3/t30-,32-/m0/s1. The van der Waals surface area contributed by atoms with Gasteiger partial charge in [-0.2, -0.15) is 4.98 Å². The van der Waals surface area contributed by atoms with Crippen molar-refractivity contribution in [2.75, 3.05) is 51.3 Å². The Bertz CT molecular complexity index is 1910. The van der Waals surface area contributed by atoms with Crippen LogP contribution in [0.2, 0.25) is 0 Å². The third-order valence-electron chi connectivity index (χ3n) is 9.20. The summed E-state index contributed by atoms with van der Waals surface area (Å²) in [6.45, 7) is 10.8. The first-order valence-electron chi connectivity index (χ1n) is 16.2. The molecule has 0 unspecified atom stereocenters. The van der Waals surface area contributed by atoms with E-state index in [0.29, 0.717) is 50.2 Å². The smallest absolute Gasteiger partial charge is 0.410 e. The molecule has 0 aliphatic carbocycles. The molecule has 1 amide bonds. The van der Waals surface area contributed by atoms with Gasteiger partial charge in [-0.05, 0) is 48.3 Å². The highest BCUT2D eigenvalue weighted by Gasteiger charge is 2.35. The number of carbonyl (C=O) groups is 1. The Morgan fingerprint density at radius 2 is 1.81 bits per heavy atom. The third-order valence-corrected chi connectivity index (χ3v) is 9.20. The van der Waals surface area contributed by atoms with Gasteiger partial charge in [0.15, 0.2) is 11.5 Å². The van der Waals surface area contributed by atoms with Crippen LogP contribution in [0.5, 0.6) is 6.01 Å². The van der Waals surface area contributed by atoms with Crippen molar-refractivity contribution in [3.05, 3.63) is 107 Å². The number of likely N-dealkylation sites (tertiary alicyclic amines) is 1. The number of imidazole rings is 1. The molecule has 4 heterocycles. The van der Waals surface area contributed by atoms with Crippen LogP contribution in [0, 0.1) is 6.57 Å². The molecule has 11 nitrogen and oxygen atoms in total. The van der Waals surface area contributed by atoms with Crippen molar-refractivity contribution < 1.29 is 14.3 Å². The van der Waals surface area contributed by atoms with Crippen LogP contribution < -0.4 is 9.64 Å². The molecular weight excluding hydrogens is 592 g/mol. The van der Waals surface area contributed by atoms with Crippen LogP contribution >= 0.6 is 0 Å². The zero-order valence-corrected chi connectivity index (χ0v) is 26.5. The quantitative estimate of drug-likeness (QED) is 0.208. The number of rotatable bonds is 9. The van der Waals surface area contributed by atoms with Crippen molar-refractivity contribution in [2.24, 2.45) is 0 Å². The molecule has 2 atom stereocenters. The van der Waals surface area contributed by atoms with Crippen LogP contribution in [0.1, 0.15) is 29.7 Å². The molecule has 2 aromatic heterocycles. The van der Waals surface area contributed by atoms with Gasteiger partial charge >= 0.3 is 12.1 Å². The van der Waals surface area contributed by atoms with E-state index in [9.17, 15) is 4.79 Å². The van der Waals surface area contributed by atoms with Crippen molar-refractivity contribution in [2.45, 2.75) is 38.0 Å². The summed E-state index contributed by atoms with van der Waals surface area (Å²) in [6.07, 6.45) is 4.29. The number of hydrogen-bond acceptors (Lipinski definition) is 8. The average Bonchev–Trinajstić information content (AvgIpc) is 3.71. The molecule has 47 heavy (non-hydrogen) atoms. The first kappa shape index (κ1) is 30.4. The fraction of sp³-hybridized carbons (Fsp3) is 0.361. The molecule has 2 aliphatic heterocycles. The molecule has 2 fully saturated rings. The summed E-state index contributed by atoms with van der Waals surface area (Å²) in [5.74, 6) is 0.631. The van der Waals surface area contributed by atoms with Gasteiger partial charge in [-0.25, -0.2) is 20.9 Å². The summed E-state index contributed by atoms with van der Waals surface area (Å²) in [4.78, 5) is 32.6. The Morgan fingerprint density at radius 1 is 0.979 bits per heavy atom. The number of ether oxygens (including phenoxy) is 2. The lowest BCUT2D eigenvalue weighted by Crippen LogP contribution is -2.56. The highest BCUT2D eigenvalue weighted by Crippen LogP contribution is 2.27. The molecule has 240 valence electrons. The molecule has 5 aromatic rings. The van der Waals surface area contributed by atoms with E-state index in [1.807, 2.05) is 47.1 Å². The summed E-state index contributed by atoms with van der Waals surface area (Å²) in [6, 6.07) is 24.6. The first-order valence-corrected chi connectivity index (χ1v) is 16.2. The Kier molecular flexibility index (Phi) is 8.84. The monoisotopic (exact) mass is 630 g/mol. The van der Waals surface area contributed by atoms with Crippen LogP contribution in [0.15, 0.2) is 79.0 Å². The second kappa shape index (κ2) is 13.6. The predicted octanol–water partition coefficient (Wildman–Crippen LogP) is 5.09. The lowest BCUT2D eigenvalue weighted by molar-refractivity contribution is 0.0788. The molecule has 0 radical (unpaired) electrons. The predicted molar refractivity (Wildman–Crippen MR) is 179 cm³/mol. The SMILES string of the molecule is [C-]#[N+]C[C@H]1CN(c2nc(OC[C@@H]3CCCN3C)nn3c(Cc4ccc5ccccc5c4)cnc23)CCN1C(=O)OCc1ccccc1. The Labute approximate surface area is 274 Å². The molecule has 0 bridgehead atoms. The minimum atomic E-state index is -0.418.